The summed E-state index contributed by atoms with van der Waals surface area (Å²) in [7, 11) is 0. The van der Waals surface area contributed by atoms with Crippen molar-refractivity contribution in [2.75, 3.05) is 18.5 Å². The van der Waals surface area contributed by atoms with Crippen molar-refractivity contribution < 1.29 is 13.9 Å². The van der Waals surface area contributed by atoms with Gasteiger partial charge in [-0.2, -0.15) is 0 Å². The summed E-state index contributed by atoms with van der Waals surface area (Å²) in [6.07, 6.45) is 0.327. The number of rotatable bonds is 6. The maximum absolute atomic E-state index is 11.7. The maximum Gasteiger partial charge on any atom is 0.228 e. The maximum atomic E-state index is 11.7. The van der Waals surface area contributed by atoms with Crippen LogP contribution in [0.15, 0.2) is 40.1 Å². The molecule has 0 bridgehead atoms. The Bertz CT molecular complexity index is 745. The zero-order chi connectivity index (χ0) is 15.4. The minimum absolute atomic E-state index is 0.0982. The number of hydrogen-bond donors (Lipinski definition) is 1. The SMILES string of the molecule is CCOCCC(=O)Nc1nc(-c2cc3ccccc3o2)cs1. The van der Waals surface area contributed by atoms with E-state index in [0.717, 1.165) is 16.7 Å². The van der Waals surface area contributed by atoms with Gasteiger partial charge in [0, 0.05) is 17.4 Å². The van der Waals surface area contributed by atoms with Crippen molar-refractivity contribution in [3.05, 3.63) is 35.7 Å². The summed E-state index contributed by atoms with van der Waals surface area (Å²) in [4.78, 5) is 16.1. The van der Waals surface area contributed by atoms with Crippen molar-refractivity contribution in [2.45, 2.75) is 13.3 Å². The van der Waals surface area contributed by atoms with Crippen molar-refractivity contribution in [1.29, 1.82) is 0 Å². The third-order valence-corrected chi connectivity index (χ3v) is 3.86. The average Bonchev–Trinajstić information content (AvgIpc) is 3.13. The molecule has 1 aromatic carbocycles. The van der Waals surface area contributed by atoms with Crippen LogP contribution in [-0.4, -0.2) is 24.1 Å². The molecule has 0 aliphatic rings. The van der Waals surface area contributed by atoms with Gasteiger partial charge in [0.25, 0.3) is 0 Å². The second-order valence-corrected chi connectivity index (χ2v) is 5.54. The first-order valence-corrected chi connectivity index (χ1v) is 7.96. The van der Waals surface area contributed by atoms with Gasteiger partial charge in [0.1, 0.15) is 11.3 Å². The molecule has 0 unspecified atom stereocenters. The fraction of sp³-hybridized carbons (Fsp3) is 0.250. The molecule has 22 heavy (non-hydrogen) atoms. The number of fused-ring (bicyclic) bond motifs is 1. The van der Waals surface area contributed by atoms with Crippen molar-refractivity contribution in [2.24, 2.45) is 0 Å². The number of nitrogens with zero attached hydrogens (tertiary/aromatic N) is 1. The van der Waals surface area contributed by atoms with Gasteiger partial charge in [0.2, 0.25) is 5.91 Å². The molecule has 0 radical (unpaired) electrons. The van der Waals surface area contributed by atoms with Crippen molar-refractivity contribution >= 4 is 33.3 Å². The van der Waals surface area contributed by atoms with Crippen LogP contribution >= 0.6 is 11.3 Å². The largest absolute Gasteiger partial charge is 0.454 e. The molecule has 2 aromatic heterocycles. The Labute approximate surface area is 131 Å². The third-order valence-electron chi connectivity index (χ3n) is 3.11. The van der Waals surface area contributed by atoms with Gasteiger partial charge in [0.15, 0.2) is 10.9 Å². The molecule has 2 heterocycles. The zero-order valence-electron chi connectivity index (χ0n) is 12.2. The number of anilines is 1. The van der Waals surface area contributed by atoms with Crippen molar-refractivity contribution in [1.82, 2.24) is 4.98 Å². The smallest absolute Gasteiger partial charge is 0.228 e. The van der Waals surface area contributed by atoms with Gasteiger partial charge in [-0.1, -0.05) is 18.2 Å². The summed E-state index contributed by atoms with van der Waals surface area (Å²) >= 11 is 1.38. The van der Waals surface area contributed by atoms with Crippen LogP contribution in [0.1, 0.15) is 13.3 Å². The highest BCUT2D eigenvalue weighted by atomic mass is 32.1. The van der Waals surface area contributed by atoms with E-state index < -0.39 is 0 Å². The highest BCUT2D eigenvalue weighted by Crippen LogP contribution is 2.30. The quantitative estimate of drug-likeness (QED) is 0.700. The minimum atomic E-state index is -0.0982. The molecule has 3 rings (SSSR count). The normalized spacial score (nSPS) is 11.0. The highest BCUT2D eigenvalue weighted by Gasteiger charge is 2.11. The predicted octanol–water partition coefficient (Wildman–Crippen LogP) is 3.92. The molecule has 0 atom stereocenters. The van der Waals surface area contributed by atoms with Crippen LogP contribution in [0.3, 0.4) is 0 Å². The number of ether oxygens (including phenoxy) is 1. The molecule has 5 nitrogen and oxygen atoms in total. The number of carbonyl (C=O) groups is 1. The first-order valence-electron chi connectivity index (χ1n) is 7.08. The summed E-state index contributed by atoms with van der Waals surface area (Å²) < 4.78 is 10.9. The molecular formula is C16H16N2O3S. The van der Waals surface area contributed by atoms with E-state index in [1.807, 2.05) is 42.6 Å². The summed E-state index contributed by atoms with van der Waals surface area (Å²) in [6.45, 7) is 2.93. The van der Waals surface area contributed by atoms with Crippen molar-refractivity contribution in [3.8, 4) is 11.5 Å². The van der Waals surface area contributed by atoms with Crippen LogP contribution in [0.5, 0.6) is 0 Å². The van der Waals surface area contributed by atoms with Crippen LogP contribution in [0.4, 0.5) is 5.13 Å². The first-order chi connectivity index (χ1) is 10.8. The Morgan fingerprint density at radius 2 is 2.27 bits per heavy atom. The van der Waals surface area contributed by atoms with Crippen molar-refractivity contribution in [3.63, 3.8) is 0 Å². The van der Waals surface area contributed by atoms with Crippen LogP contribution in [0.2, 0.25) is 0 Å². The topological polar surface area (TPSA) is 64.4 Å². The molecule has 0 spiro atoms. The monoisotopic (exact) mass is 316 g/mol. The lowest BCUT2D eigenvalue weighted by Crippen LogP contribution is -2.13. The molecule has 0 saturated carbocycles. The van der Waals surface area contributed by atoms with Gasteiger partial charge in [-0.15, -0.1) is 11.3 Å². The molecule has 1 N–H and O–H groups in total. The standard InChI is InChI=1S/C16H16N2O3S/c1-2-20-8-7-15(19)18-16-17-12(10-22-16)14-9-11-5-3-4-6-13(11)21-14/h3-6,9-10H,2,7-8H2,1H3,(H,17,18,19). The van der Waals surface area contributed by atoms with Gasteiger partial charge in [-0.3, -0.25) is 4.79 Å². The number of aromatic nitrogens is 1. The van der Waals surface area contributed by atoms with Crippen LogP contribution in [0.25, 0.3) is 22.4 Å². The lowest BCUT2D eigenvalue weighted by molar-refractivity contribution is -0.117. The molecular weight excluding hydrogens is 300 g/mol. The second-order valence-electron chi connectivity index (χ2n) is 4.68. The van der Waals surface area contributed by atoms with E-state index in [1.54, 1.807) is 0 Å². The van der Waals surface area contributed by atoms with Gasteiger partial charge in [-0.05, 0) is 19.1 Å². The van der Waals surface area contributed by atoms with E-state index in [9.17, 15) is 4.79 Å². The Morgan fingerprint density at radius 1 is 1.41 bits per heavy atom. The highest BCUT2D eigenvalue weighted by molar-refractivity contribution is 7.14. The van der Waals surface area contributed by atoms with E-state index >= 15 is 0 Å². The van der Waals surface area contributed by atoms with Crippen LogP contribution < -0.4 is 5.32 Å². The molecule has 0 aliphatic heterocycles. The van der Waals surface area contributed by atoms with E-state index in [0.29, 0.717) is 30.5 Å². The number of thiazole rings is 1. The molecule has 0 fully saturated rings. The summed E-state index contributed by atoms with van der Waals surface area (Å²) in [5.74, 6) is 0.603. The Kier molecular flexibility index (Phi) is 4.50. The number of benzene rings is 1. The zero-order valence-corrected chi connectivity index (χ0v) is 13.0. The summed E-state index contributed by atoms with van der Waals surface area (Å²) in [5.41, 5.74) is 1.55. The number of hydrogen-bond acceptors (Lipinski definition) is 5. The minimum Gasteiger partial charge on any atom is -0.454 e. The molecule has 114 valence electrons. The average molecular weight is 316 g/mol. The number of para-hydroxylation sites is 1. The van der Waals surface area contributed by atoms with Crippen LogP contribution in [0, 0.1) is 0 Å². The number of furan rings is 1. The summed E-state index contributed by atoms with van der Waals surface area (Å²) in [5, 5.41) is 6.24. The molecule has 0 aliphatic carbocycles. The summed E-state index contributed by atoms with van der Waals surface area (Å²) in [6, 6.07) is 9.76. The molecule has 1 amide bonds. The van der Waals surface area contributed by atoms with E-state index in [4.69, 9.17) is 9.15 Å². The van der Waals surface area contributed by atoms with Crippen LogP contribution in [-0.2, 0) is 9.53 Å². The lowest BCUT2D eigenvalue weighted by atomic mass is 10.2. The number of nitrogens with one attached hydrogen (secondary N) is 1. The second kappa shape index (κ2) is 6.72. The lowest BCUT2D eigenvalue weighted by Gasteiger charge is -2.01. The fourth-order valence-electron chi connectivity index (χ4n) is 2.04. The van der Waals surface area contributed by atoms with Gasteiger partial charge >= 0.3 is 0 Å². The van der Waals surface area contributed by atoms with E-state index in [2.05, 4.69) is 10.3 Å². The van der Waals surface area contributed by atoms with Gasteiger partial charge in [0.05, 0.1) is 13.0 Å². The number of carbonyl (C=O) groups excluding carboxylic acids is 1. The fourth-order valence-corrected chi connectivity index (χ4v) is 2.76. The predicted molar refractivity (Wildman–Crippen MR) is 87.1 cm³/mol. The molecule has 6 heteroatoms. The number of amides is 1. The van der Waals surface area contributed by atoms with E-state index in [-0.39, 0.29) is 5.91 Å². The molecule has 0 saturated heterocycles. The first kappa shape index (κ1) is 14.7. The van der Waals surface area contributed by atoms with E-state index in [1.165, 1.54) is 11.3 Å². The Hall–Kier alpha value is -2.18. The third kappa shape index (κ3) is 3.35. The Balaban J connectivity index is 1.69. The Morgan fingerprint density at radius 3 is 3.09 bits per heavy atom. The molecule has 3 aromatic rings. The van der Waals surface area contributed by atoms with Gasteiger partial charge in [-0.25, -0.2) is 4.98 Å². The van der Waals surface area contributed by atoms with Gasteiger partial charge < -0.3 is 14.5 Å².